The number of carbonyl (C=O) groups is 2. The lowest BCUT2D eigenvalue weighted by Crippen LogP contribution is -2.20. The van der Waals surface area contributed by atoms with Crippen LogP contribution in [0.3, 0.4) is 0 Å². The molecule has 184 valence electrons. The smallest absolute Gasteiger partial charge is 0.416 e. The Kier molecular flexibility index (Phi) is 8.35. The van der Waals surface area contributed by atoms with Crippen LogP contribution in [-0.4, -0.2) is 25.5 Å². The van der Waals surface area contributed by atoms with Crippen molar-refractivity contribution in [2.24, 2.45) is 0 Å². The van der Waals surface area contributed by atoms with Gasteiger partial charge >= 0.3 is 6.18 Å². The molecule has 0 fully saturated rings. The van der Waals surface area contributed by atoms with Crippen molar-refractivity contribution in [3.05, 3.63) is 83.9 Å². The number of halogens is 3. The average molecular weight is 486 g/mol. The van der Waals surface area contributed by atoms with Crippen LogP contribution in [0.4, 0.5) is 24.5 Å². The highest BCUT2D eigenvalue weighted by molar-refractivity contribution is 5.94. The molecule has 6 nitrogen and oxygen atoms in total. The molecule has 0 radical (unpaired) electrons. The lowest BCUT2D eigenvalue weighted by Gasteiger charge is -2.14. The molecule has 2 amide bonds. The molecule has 0 saturated carbocycles. The van der Waals surface area contributed by atoms with E-state index in [0.29, 0.717) is 28.4 Å². The minimum atomic E-state index is -4.40. The Morgan fingerprint density at radius 3 is 2.06 bits per heavy atom. The Labute approximate surface area is 201 Å². The van der Waals surface area contributed by atoms with E-state index in [9.17, 15) is 22.8 Å². The summed E-state index contributed by atoms with van der Waals surface area (Å²) in [5.41, 5.74) is 0.833. The fourth-order valence-corrected chi connectivity index (χ4v) is 3.36. The van der Waals surface area contributed by atoms with Crippen molar-refractivity contribution in [3.63, 3.8) is 0 Å². The van der Waals surface area contributed by atoms with Crippen LogP contribution in [0.2, 0.25) is 0 Å². The molecule has 3 aromatic carbocycles. The van der Waals surface area contributed by atoms with Crippen molar-refractivity contribution in [1.29, 1.82) is 0 Å². The lowest BCUT2D eigenvalue weighted by molar-refractivity contribution is -0.137. The van der Waals surface area contributed by atoms with Crippen molar-refractivity contribution in [2.75, 3.05) is 24.4 Å². The van der Waals surface area contributed by atoms with E-state index in [1.54, 1.807) is 55.5 Å². The van der Waals surface area contributed by atoms with E-state index < -0.39 is 17.6 Å². The van der Waals surface area contributed by atoms with Gasteiger partial charge in [0.15, 0.2) is 18.1 Å². The van der Waals surface area contributed by atoms with Gasteiger partial charge < -0.3 is 20.1 Å². The quantitative estimate of drug-likeness (QED) is 0.397. The minimum Gasteiger partial charge on any atom is -0.493 e. The highest BCUT2D eigenvalue weighted by Crippen LogP contribution is 2.31. The fourth-order valence-electron chi connectivity index (χ4n) is 3.36. The number of alkyl halides is 3. The number of rotatable bonds is 9. The number of ether oxygens (including phenoxy) is 2. The molecule has 9 heteroatoms. The van der Waals surface area contributed by atoms with Crippen LogP contribution in [0.15, 0.2) is 72.8 Å². The largest absolute Gasteiger partial charge is 0.493 e. The number of amides is 2. The Balaban J connectivity index is 1.52. The first-order valence-electron chi connectivity index (χ1n) is 10.8. The van der Waals surface area contributed by atoms with Crippen molar-refractivity contribution in [3.8, 4) is 11.5 Å². The molecule has 0 aliphatic carbocycles. The van der Waals surface area contributed by atoms with Gasteiger partial charge in [-0.3, -0.25) is 9.59 Å². The SMILES string of the molecule is COc1ccccc1OCC(=O)Nc1cccc(NC(=O)CC(C)c2ccc(C(F)(F)F)cc2)c1. The second-order valence-electron chi connectivity index (χ2n) is 7.84. The van der Waals surface area contributed by atoms with Crippen LogP contribution < -0.4 is 20.1 Å². The van der Waals surface area contributed by atoms with Gasteiger partial charge in [0.25, 0.3) is 5.91 Å². The van der Waals surface area contributed by atoms with Crippen LogP contribution in [0.25, 0.3) is 0 Å². The van der Waals surface area contributed by atoms with E-state index in [0.717, 1.165) is 12.1 Å². The van der Waals surface area contributed by atoms with Gasteiger partial charge in [-0.25, -0.2) is 0 Å². The summed E-state index contributed by atoms with van der Waals surface area (Å²) in [4.78, 5) is 24.7. The number of hydrogen-bond acceptors (Lipinski definition) is 4. The predicted molar refractivity (Wildman–Crippen MR) is 127 cm³/mol. The van der Waals surface area contributed by atoms with Gasteiger partial charge in [-0.1, -0.05) is 37.3 Å². The van der Waals surface area contributed by atoms with E-state index in [2.05, 4.69) is 10.6 Å². The summed E-state index contributed by atoms with van der Waals surface area (Å²) >= 11 is 0. The molecule has 1 unspecified atom stereocenters. The summed E-state index contributed by atoms with van der Waals surface area (Å²) in [5.74, 6) is -0.0353. The third kappa shape index (κ3) is 7.49. The van der Waals surface area contributed by atoms with Crippen LogP contribution in [0, 0.1) is 0 Å². The maximum atomic E-state index is 12.7. The molecule has 0 aliphatic rings. The topological polar surface area (TPSA) is 76.7 Å². The third-order valence-electron chi connectivity index (χ3n) is 5.16. The Hall–Kier alpha value is -4.01. The summed E-state index contributed by atoms with van der Waals surface area (Å²) in [5, 5.41) is 5.45. The molecule has 0 spiro atoms. The molecule has 3 aromatic rings. The molecular weight excluding hydrogens is 461 g/mol. The number of methoxy groups -OCH3 is 1. The molecule has 35 heavy (non-hydrogen) atoms. The Morgan fingerprint density at radius 1 is 0.857 bits per heavy atom. The number of carbonyl (C=O) groups excluding carboxylic acids is 2. The normalized spacial score (nSPS) is 11.9. The summed E-state index contributed by atoms with van der Waals surface area (Å²) < 4.78 is 48.9. The molecule has 1 atom stereocenters. The monoisotopic (exact) mass is 486 g/mol. The van der Waals surface area contributed by atoms with Crippen LogP contribution in [0.5, 0.6) is 11.5 Å². The van der Waals surface area contributed by atoms with Gasteiger partial charge in [0.1, 0.15) is 0 Å². The average Bonchev–Trinajstić information content (AvgIpc) is 2.82. The summed E-state index contributed by atoms with van der Waals surface area (Å²) in [6.07, 6.45) is -4.32. The first-order valence-corrected chi connectivity index (χ1v) is 10.8. The van der Waals surface area contributed by atoms with Crippen LogP contribution in [0.1, 0.15) is 30.4 Å². The second kappa shape index (κ2) is 11.4. The maximum Gasteiger partial charge on any atom is 0.416 e. The summed E-state index contributed by atoms with van der Waals surface area (Å²) in [6.45, 7) is 1.53. The molecular formula is C26H25F3N2O4. The Bertz CT molecular complexity index is 1160. The number of para-hydroxylation sites is 2. The Morgan fingerprint density at radius 2 is 1.46 bits per heavy atom. The third-order valence-corrected chi connectivity index (χ3v) is 5.16. The van der Waals surface area contributed by atoms with E-state index in [-0.39, 0.29) is 24.9 Å². The van der Waals surface area contributed by atoms with Gasteiger partial charge in [-0.2, -0.15) is 13.2 Å². The molecule has 0 heterocycles. The van der Waals surface area contributed by atoms with Gasteiger partial charge in [0, 0.05) is 17.8 Å². The van der Waals surface area contributed by atoms with Crippen LogP contribution >= 0.6 is 0 Å². The highest BCUT2D eigenvalue weighted by atomic mass is 19.4. The second-order valence-corrected chi connectivity index (χ2v) is 7.84. The van der Waals surface area contributed by atoms with E-state index in [4.69, 9.17) is 9.47 Å². The summed E-state index contributed by atoms with van der Waals surface area (Å²) in [7, 11) is 1.51. The van der Waals surface area contributed by atoms with E-state index in [1.165, 1.54) is 19.2 Å². The summed E-state index contributed by atoms with van der Waals surface area (Å²) in [6, 6.07) is 18.3. The number of benzene rings is 3. The lowest BCUT2D eigenvalue weighted by atomic mass is 9.96. The zero-order valence-electron chi connectivity index (χ0n) is 19.2. The standard InChI is InChI=1S/C26H25F3N2O4/c1-17(18-10-12-19(13-11-18)26(27,28)29)14-24(32)30-20-6-5-7-21(15-20)31-25(33)16-35-23-9-4-3-8-22(23)34-2/h3-13,15,17H,14,16H2,1-2H3,(H,30,32)(H,31,33). The van der Waals surface area contributed by atoms with Gasteiger partial charge in [-0.05, 0) is 53.9 Å². The molecule has 2 N–H and O–H groups in total. The van der Waals surface area contributed by atoms with E-state index in [1.807, 2.05) is 0 Å². The predicted octanol–water partition coefficient (Wildman–Crippen LogP) is 5.86. The van der Waals surface area contributed by atoms with Gasteiger partial charge in [-0.15, -0.1) is 0 Å². The van der Waals surface area contributed by atoms with Gasteiger partial charge in [0.2, 0.25) is 5.91 Å². The van der Waals surface area contributed by atoms with Crippen molar-refractivity contribution in [2.45, 2.75) is 25.4 Å². The maximum absolute atomic E-state index is 12.7. The molecule has 0 aliphatic heterocycles. The number of anilines is 2. The molecule has 0 bridgehead atoms. The number of nitrogens with one attached hydrogen (secondary N) is 2. The zero-order chi connectivity index (χ0) is 25.4. The van der Waals surface area contributed by atoms with Crippen LogP contribution in [-0.2, 0) is 15.8 Å². The first-order chi connectivity index (χ1) is 16.7. The van der Waals surface area contributed by atoms with Crippen molar-refractivity contribution < 1.29 is 32.2 Å². The minimum absolute atomic E-state index is 0.0781. The van der Waals surface area contributed by atoms with Crippen molar-refractivity contribution >= 4 is 23.2 Å². The number of hydrogen-bond donors (Lipinski definition) is 2. The fraction of sp³-hybridized carbons (Fsp3) is 0.231. The highest BCUT2D eigenvalue weighted by Gasteiger charge is 2.30. The molecule has 0 aromatic heterocycles. The van der Waals surface area contributed by atoms with Gasteiger partial charge in [0.05, 0.1) is 12.7 Å². The van der Waals surface area contributed by atoms with Crippen molar-refractivity contribution in [1.82, 2.24) is 0 Å². The van der Waals surface area contributed by atoms with E-state index >= 15 is 0 Å². The molecule has 3 rings (SSSR count). The first kappa shape index (κ1) is 25.6. The zero-order valence-corrected chi connectivity index (χ0v) is 19.2. The molecule has 0 saturated heterocycles.